The van der Waals surface area contributed by atoms with Gasteiger partial charge < -0.3 is 21.4 Å². The minimum Gasteiger partial charge on any atom is -0.544 e. The smallest absolute Gasteiger partial charge is 0.297 e. The number of hydrogen-bond donors (Lipinski definition) is 2. The largest absolute Gasteiger partial charge is 0.544 e. The van der Waals surface area contributed by atoms with Crippen molar-refractivity contribution in [2.75, 3.05) is 6.54 Å². The van der Waals surface area contributed by atoms with E-state index in [1.165, 1.54) is 0 Å². The molecule has 1 atom stereocenters. The maximum Gasteiger partial charge on any atom is 0.297 e. The Balaban J connectivity index is 4.29. The lowest BCUT2D eigenvalue weighted by atomic mass is 9.95. The molecule has 12 heavy (non-hydrogen) atoms. The Morgan fingerprint density at radius 3 is 2.33 bits per heavy atom. The van der Waals surface area contributed by atoms with Gasteiger partial charge in [0.1, 0.15) is 5.97 Å². The SMILES string of the molecule is [NH3+]CCC[C@]([NH3+])(C(=O)[O-])C(F)F. The van der Waals surface area contributed by atoms with Gasteiger partial charge >= 0.3 is 0 Å². The molecule has 0 aromatic rings. The molecule has 0 radical (unpaired) electrons. The van der Waals surface area contributed by atoms with Crippen LogP contribution in [0.4, 0.5) is 8.78 Å². The maximum atomic E-state index is 12.2. The zero-order chi connectivity index (χ0) is 9.78. The lowest BCUT2D eigenvalue weighted by Crippen LogP contribution is -2.83. The number of aliphatic carboxylic acids is 1. The third kappa shape index (κ3) is 2.38. The number of carboxylic acid groups (broad SMARTS) is 1. The lowest BCUT2D eigenvalue weighted by molar-refractivity contribution is -0.509. The summed E-state index contributed by atoms with van der Waals surface area (Å²) in [4.78, 5) is 10.3. The molecule has 6 heteroatoms. The van der Waals surface area contributed by atoms with Crippen LogP contribution < -0.4 is 16.6 Å². The second kappa shape index (κ2) is 4.32. The van der Waals surface area contributed by atoms with Crippen molar-refractivity contribution in [3.05, 3.63) is 0 Å². The molecule has 4 nitrogen and oxygen atoms in total. The van der Waals surface area contributed by atoms with Gasteiger partial charge in [-0.15, -0.1) is 0 Å². The molecule has 0 saturated carbocycles. The van der Waals surface area contributed by atoms with E-state index in [9.17, 15) is 18.7 Å². The monoisotopic (exact) mass is 183 g/mol. The molecule has 0 spiro atoms. The van der Waals surface area contributed by atoms with Crippen molar-refractivity contribution in [3.63, 3.8) is 0 Å². The summed E-state index contributed by atoms with van der Waals surface area (Å²) in [6.45, 7) is 0.414. The first-order valence-electron chi connectivity index (χ1n) is 3.59. The Bertz CT molecular complexity index is 166. The van der Waals surface area contributed by atoms with Crippen molar-refractivity contribution in [2.45, 2.75) is 24.8 Å². The summed E-state index contributed by atoms with van der Waals surface area (Å²) in [5.41, 5.74) is 4.12. The Morgan fingerprint density at radius 2 is 2.08 bits per heavy atom. The van der Waals surface area contributed by atoms with Crippen molar-refractivity contribution >= 4 is 5.97 Å². The third-order valence-corrected chi connectivity index (χ3v) is 1.70. The second-order valence-electron chi connectivity index (χ2n) is 2.70. The molecule has 72 valence electrons. The van der Waals surface area contributed by atoms with Gasteiger partial charge in [0, 0.05) is 12.8 Å². The maximum absolute atomic E-state index is 12.2. The van der Waals surface area contributed by atoms with Crippen LogP contribution in [0.2, 0.25) is 0 Å². The topological polar surface area (TPSA) is 95.4 Å². The van der Waals surface area contributed by atoms with E-state index in [1.807, 2.05) is 0 Å². The predicted octanol–water partition coefficient (Wildman–Crippen LogP) is -3.00. The summed E-state index contributed by atoms with van der Waals surface area (Å²) in [5, 5.41) is 10.3. The summed E-state index contributed by atoms with van der Waals surface area (Å²) in [5.74, 6) is -1.80. The molecule has 0 amide bonds. The highest BCUT2D eigenvalue weighted by molar-refractivity contribution is 5.74. The molecular formula is C6H13F2N2O2+. The molecule has 0 bridgehead atoms. The standard InChI is InChI=1S/C6H12F2N2O2/c7-4(8)6(10,5(11)12)2-1-3-9/h4H,1-3,9-10H2,(H,11,12)/p+1/t6-/m1/s1. The van der Waals surface area contributed by atoms with E-state index in [-0.39, 0.29) is 6.42 Å². The van der Waals surface area contributed by atoms with Crippen molar-refractivity contribution in [1.82, 2.24) is 0 Å². The third-order valence-electron chi connectivity index (χ3n) is 1.70. The number of carboxylic acids is 1. The molecule has 6 N–H and O–H groups in total. The Morgan fingerprint density at radius 1 is 1.58 bits per heavy atom. The summed E-state index contributed by atoms with van der Waals surface area (Å²) in [6, 6.07) is 0. The minimum absolute atomic E-state index is 0.198. The van der Waals surface area contributed by atoms with E-state index in [0.717, 1.165) is 0 Å². The number of hydrogen-bond acceptors (Lipinski definition) is 2. The molecule has 0 saturated heterocycles. The van der Waals surface area contributed by atoms with Gasteiger partial charge in [-0.25, -0.2) is 8.78 Å². The number of carbonyl (C=O) groups is 1. The van der Waals surface area contributed by atoms with Gasteiger partial charge in [-0.3, -0.25) is 0 Å². The van der Waals surface area contributed by atoms with Crippen molar-refractivity contribution in [1.29, 1.82) is 0 Å². The summed E-state index contributed by atoms with van der Waals surface area (Å²) in [7, 11) is 0. The van der Waals surface area contributed by atoms with E-state index in [2.05, 4.69) is 11.5 Å². The molecule has 0 aromatic carbocycles. The summed E-state index contributed by atoms with van der Waals surface area (Å²) < 4.78 is 24.3. The fourth-order valence-electron chi connectivity index (χ4n) is 0.741. The van der Waals surface area contributed by atoms with Crippen molar-refractivity contribution < 1.29 is 30.1 Å². The first-order chi connectivity index (χ1) is 5.45. The van der Waals surface area contributed by atoms with Crippen LogP contribution in [-0.4, -0.2) is 24.5 Å². The molecule has 0 fully saturated rings. The van der Waals surface area contributed by atoms with Gasteiger partial charge in [0.2, 0.25) is 0 Å². The van der Waals surface area contributed by atoms with Crippen LogP contribution in [0.15, 0.2) is 0 Å². The Hall–Kier alpha value is -0.750. The van der Waals surface area contributed by atoms with Gasteiger partial charge in [-0.2, -0.15) is 0 Å². The van der Waals surface area contributed by atoms with Gasteiger partial charge in [-0.1, -0.05) is 0 Å². The Kier molecular flexibility index (Phi) is 4.05. The molecule has 0 unspecified atom stereocenters. The van der Waals surface area contributed by atoms with E-state index >= 15 is 0 Å². The van der Waals surface area contributed by atoms with Gasteiger partial charge in [0.15, 0.2) is 5.54 Å². The molecule has 0 aliphatic carbocycles. The van der Waals surface area contributed by atoms with Crippen molar-refractivity contribution in [2.24, 2.45) is 0 Å². The molecular weight excluding hydrogens is 170 g/mol. The normalized spacial score (nSPS) is 16.1. The summed E-state index contributed by atoms with van der Waals surface area (Å²) in [6.07, 6.45) is -2.88. The predicted molar refractivity (Wildman–Crippen MR) is 33.6 cm³/mol. The van der Waals surface area contributed by atoms with Gasteiger partial charge in [0.25, 0.3) is 6.43 Å². The highest BCUT2D eigenvalue weighted by Crippen LogP contribution is 2.15. The molecule has 0 aliphatic heterocycles. The van der Waals surface area contributed by atoms with Crippen LogP contribution in [0.5, 0.6) is 0 Å². The zero-order valence-electron chi connectivity index (χ0n) is 6.69. The van der Waals surface area contributed by atoms with Crippen molar-refractivity contribution in [3.8, 4) is 0 Å². The van der Waals surface area contributed by atoms with E-state index in [1.54, 1.807) is 0 Å². The lowest BCUT2D eigenvalue weighted by Gasteiger charge is -2.24. The number of alkyl halides is 2. The average molecular weight is 183 g/mol. The Labute approximate surface area is 68.5 Å². The van der Waals surface area contributed by atoms with Crippen LogP contribution in [-0.2, 0) is 4.79 Å². The summed E-state index contributed by atoms with van der Waals surface area (Å²) >= 11 is 0. The van der Waals surface area contributed by atoms with Gasteiger partial charge in [0.05, 0.1) is 6.54 Å². The fourth-order valence-corrected chi connectivity index (χ4v) is 0.741. The number of carbonyl (C=O) groups excluding carboxylic acids is 1. The van der Waals surface area contributed by atoms with Crippen LogP contribution in [0, 0.1) is 0 Å². The van der Waals surface area contributed by atoms with Crippen LogP contribution in [0.1, 0.15) is 12.8 Å². The van der Waals surface area contributed by atoms with Crippen LogP contribution in [0.3, 0.4) is 0 Å². The highest BCUT2D eigenvalue weighted by Gasteiger charge is 2.41. The molecule has 0 aromatic heterocycles. The number of quaternary nitrogens is 2. The molecule has 0 heterocycles. The highest BCUT2D eigenvalue weighted by atomic mass is 19.3. The first kappa shape index (κ1) is 11.2. The average Bonchev–Trinajstić information content (AvgIpc) is 1.99. The second-order valence-corrected chi connectivity index (χ2v) is 2.70. The van der Waals surface area contributed by atoms with Gasteiger partial charge in [-0.05, 0) is 0 Å². The van der Waals surface area contributed by atoms with Crippen LogP contribution in [0.25, 0.3) is 0 Å². The van der Waals surface area contributed by atoms with E-state index < -0.39 is 17.9 Å². The van der Waals surface area contributed by atoms with E-state index in [0.29, 0.717) is 13.0 Å². The first-order valence-corrected chi connectivity index (χ1v) is 3.59. The van der Waals surface area contributed by atoms with Crippen LogP contribution >= 0.6 is 0 Å². The van der Waals surface area contributed by atoms with E-state index in [4.69, 9.17) is 0 Å². The zero-order valence-corrected chi connectivity index (χ0v) is 6.69. The number of halogens is 2. The number of rotatable bonds is 5. The molecule has 0 aliphatic rings. The quantitative estimate of drug-likeness (QED) is 0.475. The fraction of sp³-hybridized carbons (Fsp3) is 0.833. The molecule has 0 rings (SSSR count). The minimum atomic E-state index is -2.99.